The van der Waals surface area contributed by atoms with Gasteiger partial charge in [-0.2, -0.15) is 0 Å². The largest absolute Gasteiger partial charge is 0.490 e. The monoisotopic (exact) mass is 432 g/mol. The second-order valence-electron chi connectivity index (χ2n) is 8.14. The second kappa shape index (κ2) is 9.73. The van der Waals surface area contributed by atoms with Crippen molar-refractivity contribution in [2.75, 3.05) is 13.1 Å². The number of pyridine rings is 1. The average Bonchev–Trinajstić information content (AvgIpc) is 2.82. The number of ether oxygens (including phenoxy) is 2. The highest BCUT2D eigenvalue weighted by atomic mass is 16.5. The van der Waals surface area contributed by atoms with Crippen LogP contribution in [-0.2, 0) is 13.7 Å². The van der Waals surface area contributed by atoms with Crippen molar-refractivity contribution in [1.29, 1.82) is 0 Å². The number of benzene rings is 2. The molecule has 1 aliphatic rings. The molecule has 2 heterocycles. The van der Waals surface area contributed by atoms with Crippen LogP contribution in [0, 0.1) is 6.92 Å². The fraction of sp³-hybridized carbons (Fsp3) is 0.308. The zero-order valence-corrected chi connectivity index (χ0v) is 18.5. The van der Waals surface area contributed by atoms with Crippen molar-refractivity contribution in [3.05, 3.63) is 93.9 Å². The highest BCUT2D eigenvalue weighted by Gasteiger charge is 2.25. The summed E-state index contributed by atoms with van der Waals surface area (Å²) in [6.45, 7) is 3.57. The van der Waals surface area contributed by atoms with Crippen LogP contribution in [0.2, 0.25) is 0 Å². The lowest BCUT2D eigenvalue weighted by Crippen LogP contribution is -2.41. The van der Waals surface area contributed by atoms with Gasteiger partial charge < -0.3 is 18.9 Å². The van der Waals surface area contributed by atoms with Gasteiger partial charge in [0.1, 0.15) is 24.2 Å². The van der Waals surface area contributed by atoms with Gasteiger partial charge in [-0.3, -0.25) is 9.59 Å². The molecule has 0 unspecified atom stereocenters. The maximum Gasteiger partial charge on any atom is 0.254 e. The summed E-state index contributed by atoms with van der Waals surface area (Å²) in [5.74, 6) is 1.27. The van der Waals surface area contributed by atoms with E-state index in [1.807, 2.05) is 66.4 Å². The number of likely N-dealkylation sites (tertiary alicyclic amines) is 1. The van der Waals surface area contributed by atoms with Gasteiger partial charge in [0.15, 0.2) is 0 Å². The van der Waals surface area contributed by atoms with Crippen molar-refractivity contribution in [1.82, 2.24) is 9.47 Å². The molecule has 4 rings (SSSR count). The molecule has 1 fully saturated rings. The molecule has 2 aromatic carbocycles. The predicted molar refractivity (Wildman–Crippen MR) is 123 cm³/mol. The maximum atomic E-state index is 13.0. The van der Waals surface area contributed by atoms with E-state index in [0.29, 0.717) is 36.8 Å². The zero-order valence-electron chi connectivity index (χ0n) is 18.5. The van der Waals surface area contributed by atoms with E-state index in [2.05, 4.69) is 0 Å². The van der Waals surface area contributed by atoms with Gasteiger partial charge in [-0.1, -0.05) is 36.4 Å². The molecule has 1 aromatic heterocycles. The molecule has 0 atom stereocenters. The Hall–Kier alpha value is -3.54. The van der Waals surface area contributed by atoms with Gasteiger partial charge in [0.25, 0.3) is 11.5 Å². The van der Waals surface area contributed by atoms with Crippen molar-refractivity contribution >= 4 is 5.91 Å². The van der Waals surface area contributed by atoms with Crippen molar-refractivity contribution in [2.45, 2.75) is 32.5 Å². The number of aryl methyl sites for hydroxylation is 1. The Labute approximate surface area is 188 Å². The molecule has 3 aromatic rings. The van der Waals surface area contributed by atoms with Crippen LogP contribution in [0.5, 0.6) is 11.5 Å². The van der Waals surface area contributed by atoms with Gasteiger partial charge in [0.05, 0.1) is 0 Å². The van der Waals surface area contributed by atoms with Crippen molar-refractivity contribution < 1.29 is 14.3 Å². The first-order valence-electron chi connectivity index (χ1n) is 10.9. The summed E-state index contributed by atoms with van der Waals surface area (Å²) in [5, 5.41) is 0. The molecule has 0 N–H and O–H groups in total. The second-order valence-corrected chi connectivity index (χ2v) is 8.14. The van der Waals surface area contributed by atoms with Crippen molar-refractivity contribution in [3.8, 4) is 11.5 Å². The molecule has 0 bridgehead atoms. The summed E-state index contributed by atoms with van der Waals surface area (Å²) >= 11 is 0. The fourth-order valence-electron chi connectivity index (χ4n) is 3.82. The number of nitrogens with zero attached hydrogens (tertiary/aromatic N) is 2. The lowest BCUT2D eigenvalue weighted by molar-refractivity contribution is 0.0594. The van der Waals surface area contributed by atoms with Crippen LogP contribution >= 0.6 is 0 Å². The van der Waals surface area contributed by atoms with E-state index in [1.54, 1.807) is 17.7 Å². The Kier molecular flexibility index (Phi) is 6.59. The smallest absolute Gasteiger partial charge is 0.254 e. The van der Waals surface area contributed by atoms with Gasteiger partial charge in [-0.25, -0.2) is 0 Å². The lowest BCUT2D eigenvalue weighted by atomic mass is 10.1. The number of carbonyl (C=O) groups is 1. The number of carbonyl (C=O) groups excluding carboxylic acids is 1. The summed E-state index contributed by atoms with van der Waals surface area (Å²) in [4.78, 5) is 26.8. The molecule has 1 saturated heterocycles. The van der Waals surface area contributed by atoms with E-state index in [0.717, 1.165) is 24.1 Å². The molecular formula is C26H28N2O4. The number of hydrogen-bond donors (Lipinski definition) is 0. The molecule has 0 aliphatic carbocycles. The summed E-state index contributed by atoms with van der Waals surface area (Å²) in [6, 6.07) is 20.7. The number of rotatable bonds is 6. The minimum absolute atomic E-state index is 0.00182. The number of piperidine rings is 1. The van der Waals surface area contributed by atoms with Crippen molar-refractivity contribution in [3.63, 3.8) is 0 Å². The Bertz CT molecular complexity index is 1130. The van der Waals surface area contributed by atoms with E-state index in [1.165, 1.54) is 6.07 Å². The van der Waals surface area contributed by atoms with E-state index >= 15 is 0 Å². The molecule has 166 valence electrons. The topological polar surface area (TPSA) is 60.8 Å². The summed E-state index contributed by atoms with van der Waals surface area (Å²) in [5.41, 5.74) is 2.48. The first-order valence-corrected chi connectivity index (χ1v) is 10.9. The molecule has 0 radical (unpaired) electrons. The van der Waals surface area contributed by atoms with E-state index in [-0.39, 0.29) is 17.6 Å². The van der Waals surface area contributed by atoms with E-state index in [9.17, 15) is 9.59 Å². The van der Waals surface area contributed by atoms with Gasteiger partial charge in [0.2, 0.25) is 0 Å². The predicted octanol–water partition coefficient (Wildman–Crippen LogP) is 3.96. The van der Waals surface area contributed by atoms with Crippen molar-refractivity contribution in [2.24, 2.45) is 7.05 Å². The van der Waals surface area contributed by atoms with Gasteiger partial charge in [-0.05, 0) is 36.8 Å². The number of amides is 1. The highest BCUT2D eigenvalue weighted by molar-refractivity contribution is 5.94. The molecule has 32 heavy (non-hydrogen) atoms. The summed E-state index contributed by atoms with van der Waals surface area (Å²) < 4.78 is 13.5. The Morgan fingerprint density at radius 1 is 0.969 bits per heavy atom. The standard InChI is InChI=1S/C26H28N2O4/c1-19-15-24(17-25(29)27(19)2)32-22-11-13-28(14-12-22)26(30)21-9-6-10-23(16-21)31-18-20-7-4-3-5-8-20/h3-10,15-17,22H,11-14,18H2,1-2H3. The SMILES string of the molecule is Cc1cc(OC2CCN(C(=O)c3cccc(OCc4ccccc4)c3)CC2)cc(=O)n1C. The molecule has 0 spiro atoms. The van der Waals surface area contributed by atoms with Crippen LogP contribution < -0.4 is 15.0 Å². The lowest BCUT2D eigenvalue weighted by Gasteiger charge is -2.32. The van der Waals surface area contributed by atoms with Crippen LogP contribution in [-0.4, -0.2) is 34.6 Å². The first kappa shape index (κ1) is 21.7. The molecule has 1 aliphatic heterocycles. The Morgan fingerprint density at radius 3 is 2.44 bits per heavy atom. The van der Waals surface area contributed by atoms with Crippen LogP contribution in [0.4, 0.5) is 0 Å². The summed E-state index contributed by atoms with van der Waals surface area (Å²) in [6.07, 6.45) is 1.44. The minimum atomic E-state index is -0.0815. The quantitative estimate of drug-likeness (QED) is 0.592. The third-order valence-corrected chi connectivity index (χ3v) is 5.84. The fourth-order valence-corrected chi connectivity index (χ4v) is 3.82. The number of aromatic nitrogens is 1. The molecule has 1 amide bonds. The number of hydrogen-bond acceptors (Lipinski definition) is 4. The van der Waals surface area contributed by atoms with Crippen LogP contribution in [0.15, 0.2) is 71.5 Å². The van der Waals surface area contributed by atoms with E-state index < -0.39 is 0 Å². The molecular weight excluding hydrogens is 404 g/mol. The van der Waals surface area contributed by atoms with Crippen LogP contribution in [0.3, 0.4) is 0 Å². The van der Waals surface area contributed by atoms with Gasteiger partial charge in [0, 0.05) is 50.3 Å². The minimum Gasteiger partial charge on any atom is -0.490 e. The van der Waals surface area contributed by atoms with Gasteiger partial charge in [-0.15, -0.1) is 0 Å². The normalized spacial score (nSPS) is 14.2. The molecule has 0 saturated carbocycles. The molecule has 6 nitrogen and oxygen atoms in total. The first-order chi connectivity index (χ1) is 15.5. The average molecular weight is 433 g/mol. The maximum absolute atomic E-state index is 13.0. The molecule has 6 heteroatoms. The van der Waals surface area contributed by atoms with Crippen LogP contribution in [0.1, 0.15) is 34.5 Å². The Balaban J connectivity index is 1.33. The third-order valence-electron chi connectivity index (χ3n) is 5.84. The highest BCUT2D eigenvalue weighted by Crippen LogP contribution is 2.22. The Morgan fingerprint density at radius 2 is 1.72 bits per heavy atom. The third kappa shape index (κ3) is 5.19. The van der Waals surface area contributed by atoms with Crippen LogP contribution in [0.25, 0.3) is 0 Å². The van der Waals surface area contributed by atoms with E-state index in [4.69, 9.17) is 9.47 Å². The zero-order chi connectivity index (χ0) is 22.5. The van der Waals surface area contributed by atoms with Gasteiger partial charge >= 0.3 is 0 Å². The summed E-state index contributed by atoms with van der Waals surface area (Å²) in [7, 11) is 1.74.